The third-order valence-corrected chi connectivity index (χ3v) is 5.61. The number of halogens is 1. The highest BCUT2D eigenvalue weighted by atomic mass is 19.1. The number of aliphatic hydroxyl groups excluding tert-OH is 1. The van der Waals surface area contributed by atoms with Crippen molar-refractivity contribution >= 4 is 23.3 Å². The van der Waals surface area contributed by atoms with E-state index < -0.39 is 24.0 Å². The molecule has 1 aliphatic rings. The number of ether oxygens (including phenoxy) is 1. The molecule has 35 heavy (non-hydrogen) atoms. The molecule has 0 saturated carbocycles. The van der Waals surface area contributed by atoms with E-state index in [9.17, 15) is 19.1 Å². The molecule has 1 amide bonds. The maximum absolute atomic E-state index is 13.9. The van der Waals surface area contributed by atoms with Crippen molar-refractivity contribution < 1.29 is 23.8 Å². The molecule has 0 aliphatic carbocycles. The van der Waals surface area contributed by atoms with Crippen LogP contribution in [0.3, 0.4) is 0 Å². The highest BCUT2D eigenvalue weighted by Gasteiger charge is 2.26. The fourth-order valence-electron chi connectivity index (χ4n) is 3.79. The normalized spacial score (nSPS) is 16.0. The lowest BCUT2D eigenvalue weighted by Crippen LogP contribution is -2.41. The Labute approximate surface area is 201 Å². The summed E-state index contributed by atoms with van der Waals surface area (Å²) in [4.78, 5) is 28.0. The first-order valence-corrected chi connectivity index (χ1v) is 11.1. The Kier molecular flexibility index (Phi) is 7.66. The van der Waals surface area contributed by atoms with Gasteiger partial charge in [-0.25, -0.2) is 4.39 Å². The summed E-state index contributed by atoms with van der Waals surface area (Å²) in [5.74, 6) is -1.42. The second kappa shape index (κ2) is 11.0. The number of hydrogen-bond acceptors (Lipinski definition) is 8. The van der Waals surface area contributed by atoms with E-state index in [2.05, 4.69) is 20.9 Å². The molecule has 1 fully saturated rings. The van der Waals surface area contributed by atoms with Crippen molar-refractivity contribution in [3.63, 3.8) is 0 Å². The van der Waals surface area contributed by atoms with Crippen LogP contribution >= 0.6 is 0 Å². The van der Waals surface area contributed by atoms with Crippen LogP contribution in [0.5, 0.6) is 0 Å². The number of cyclic esters (lactones) is 1. The van der Waals surface area contributed by atoms with Gasteiger partial charge in [0.05, 0.1) is 18.5 Å². The van der Waals surface area contributed by atoms with Crippen molar-refractivity contribution in [1.82, 2.24) is 10.3 Å². The molecule has 6 N–H and O–H groups in total. The van der Waals surface area contributed by atoms with Gasteiger partial charge in [-0.15, -0.1) is 0 Å². The standard InChI is InChI=1S/C25H26FN5O4/c26-20-13-28-8-6-21(20)31-24(33)16-4-5-17(12-27)19(11-16)15-2-1-3-18(10-15)30-23(32)14-29-22-7-9-35-25(22)34/h1-6,8,10-11,13,22-23,29-30,32H,7,9,12,14,27H2,(H,28,31,33)/t22-,23?/m0/s1. The van der Waals surface area contributed by atoms with Crippen molar-refractivity contribution in [2.24, 2.45) is 5.73 Å². The first-order chi connectivity index (χ1) is 16.9. The Morgan fingerprint density at radius 1 is 1.26 bits per heavy atom. The van der Waals surface area contributed by atoms with Gasteiger partial charge in [0.15, 0.2) is 5.82 Å². The van der Waals surface area contributed by atoms with E-state index in [1.54, 1.807) is 24.3 Å². The summed E-state index contributed by atoms with van der Waals surface area (Å²) < 4.78 is 18.8. The van der Waals surface area contributed by atoms with E-state index in [-0.39, 0.29) is 24.7 Å². The molecule has 0 spiro atoms. The second-order valence-corrected chi connectivity index (χ2v) is 8.04. The summed E-state index contributed by atoms with van der Waals surface area (Å²) in [5, 5.41) is 18.9. The third-order valence-electron chi connectivity index (χ3n) is 5.61. The predicted molar refractivity (Wildman–Crippen MR) is 129 cm³/mol. The van der Waals surface area contributed by atoms with Crippen LogP contribution in [-0.4, -0.2) is 47.4 Å². The van der Waals surface area contributed by atoms with Crippen LogP contribution in [0, 0.1) is 5.82 Å². The summed E-state index contributed by atoms with van der Waals surface area (Å²) in [6.45, 7) is 0.775. The van der Waals surface area contributed by atoms with Crippen LogP contribution in [0.4, 0.5) is 15.8 Å². The smallest absolute Gasteiger partial charge is 0.323 e. The number of nitrogens with zero attached hydrogens (tertiary/aromatic N) is 1. The number of anilines is 2. The van der Waals surface area contributed by atoms with Crippen molar-refractivity contribution in [2.45, 2.75) is 25.2 Å². The molecule has 9 nitrogen and oxygen atoms in total. The van der Waals surface area contributed by atoms with E-state index in [1.165, 1.54) is 12.3 Å². The Bertz CT molecular complexity index is 1220. The fourth-order valence-corrected chi connectivity index (χ4v) is 3.79. The number of nitrogens with two attached hydrogens (primary N) is 1. The van der Waals surface area contributed by atoms with Crippen molar-refractivity contribution in [3.8, 4) is 11.1 Å². The number of aliphatic hydroxyl groups is 1. The number of carbonyl (C=O) groups is 2. The number of pyridine rings is 1. The molecule has 0 radical (unpaired) electrons. The molecule has 1 saturated heterocycles. The van der Waals surface area contributed by atoms with E-state index in [1.807, 2.05) is 18.2 Å². The number of aromatic nitrogens is 1. The maximum atomic E-state index is 13.9. The van der Waals surface area contributed by atoms with Gasteiger partial charge in [0.25, 0.3) is 5.91 Å². The Morgan fingerprint density at radius 3 is 2.86 bits per heavy atom. The van der Waals surface area contributed by atoms with Gasteiger partial charge in [-0.1, -0.05) is 18.2 Å². The molecule has 0 bridgehead atoms. The lowest BCUT2D eigenvalue weighted by Gasteiger charge is -2.18. The lowest BCUT2D eigenvalue weighted by atomic mass is 9.96. The third kappa shape index (κ3) is 5.99. The molecule has 1 aliphatic heterocycles. The van der Waals surface area contributed by atoms with E-state index in [0.29, 0.717) is 24.3 Å². The van der Waals surface area contributed by atoms with Gasteiger partial charge in [0, 0.05) is 37.0 Å². The number of carbonyl (C=O) groups excluding carboxylic acids is 2. The summed E-state index contributed by atoms with van der Waals surface area (Å²) in [6.07, 6.45) is 2.05. The molecule has 3 aromatic rings. The van der Waals surface area contributed by atoms with Crippen LogP contribution in [0.1, 0.15) is 22.3 Å². The van der Waals surface area contributed by atoms with E-state index >= 15 is 0 Å². The molecular weight excluding hydrogens is 453 g/mol. The summed E-state index contributed by atoms with van der Waals surface area (Å²) >= 11 is 0. The molecule has 1 unspecified atom stereocenters. The van der Waals surface area contributed by atoms with Gasteiger partial charge < -0.3 is 26.2 Å². The molecule has 2 heterocycles. The predicted octanol–water partition coefficient (Wildman–Crippen LogP) is 2.23. The largest absolute Gasteiger partial charge is 0.464 e. The van der Waals surface area contributed by atoms with Crippen LogP contribution in [0.2, 0.25) is 0 Å². The van der Waals surface area contributed by atoms with Gasteiger partial charge in [0.1, 0.15) is 12.3 Å². The number of nitrogens with one attached hydrogen (secondary N) is 3. The zero-order chi connectivity index (χ0) is 24.8. The van der Waals surface area contributed by atoms with Crippen molar-refractivity contribution in [3.05, 3.63) is 77.9 Å². The topological polar surface area (TPSA) is 139 Å². The Hall–Kier alpha value is -3.86. The highest BCUT2D eigenvalue weighted by molar-refractivity contribution is 6.05. The minimum absolute atomic E-state index is 0.0362. The molecule has 1 aromatic heterocycles. The van der Waals surface area contributed by atoms with Crippen LogP contribution < -0.4 is 21.7 Å². The van der Waals surface area contributed by atoms with Gasteiger partial charge in [-0.05, 0) is 47.0 Å². The number of benzene rings is 2. The summed E-state index contributed by atoms with van der Waals surface area (Å²) in [5.41, 5.74) is 9.27. The maximum Gasteiger partial charge on any atom is 0.323 e. The van der Waals surface area contributed by atoms with Gasteiger partial charge in [0.2, 0.25) is 0 Å². The first-order valence-electron chi connectivity index (χ1n) is 11.1. The van der Waals surface area contributed by atoms with Gasteiger partial charge in [-0.2, -0.15) is 0 Å². The minimum Gasteiger partial charge on any atom is -0.464 e. The molecule has 2 atom stereocenters. The second-order valence-electron chi connectivity index (χ2n) is 8.04. The number of rotatable bonds is 9. The van der Waals surface area contributed by atoms with Crippen molar-refractivity contribution in [2.75, 3.05) is 23.8 Å². The first kappa shape index (κ1) is 24.3. The van der Waals surface area contributed by atoms with Gasteiger partial charge in [-0.3, -0.25) is 19.9 Å². The SMILES string of the molecule is NCc1ccc(C(=O)Nc2ccncc2F)cc1-c1cccc(NC(O)CN[C@H]2CCOC2=O)c1. The zero-order valence-corrected chi connectivity index (χ0v) is 18.8. The molecule has 182 valence electrons. The van der Waals surface area contributed by atoms with E-state index in [0.717, 1.165) is 22.9 Å². The summed E-state index contributed by atoms with van der Waals surface area (Å²) in [6, 6.07) is 13.3. The lowest BCUT2D eigenvalue weighted by molar-refractivity contribution is -0.139. The number of esters is 1. The van der Waals surface area contributed by atoms with Crippen LogP contribution in [-0.2, 0) is 16.1 Å². The average Bonchev–Trinajstić information content (AvgIpc) is 3.28. The molecule has 10 heteroatoms. The molecule has 2 aromatic carbocycles. The van der Waals surface area contributed by atoms with Gasteiger partial charge >= 0.3 is 5.97 Å². The fraction of sp³-hybridized carbons (Fsp3) is 0.240. The zero-order valence-electron chi connectivity index (χ0n) is 18.8. The van der Waals surface area contributed by atoms with Crippen molar-refractivity contribution in [1.29, 1.82) is 0 Å². The summed E-state index contributed by atoms with van der Waals surface area (Å²) in [7, 11) is 0. The van der Waals surface area contributed by atoms with Crippen LogP contribution in [0.15, 0.2) is 60.9 Å². The van der Waals surface area contributed by atoms with Crippen LogP contribution in [0.25, 0.3) is 11.1 Å². The highest BCUT2D eigenvalue weighted by Crippen LogP contribution is 2.28. The van der Waals surface area contributed by atoms with E-state index in [4.69, 9.17) is 10.5 Å². The molecular formula is C25H26FN5O4. The number of amides is 1. The monoisotopic (exact) mass is 479 g/mol. The Morgan fingerprint density at radius 2 is 2.11 bits per heavy atom. The quantitative estimate of drug-likeness (QED) is 0.233. The number of hydrogen-bond donors (Lipinski definition) is 5. The Balaban J connectivity index is 1.49. The molecule has 4 rings (SSSR count). The minimum atomic E-state index is -0.944. The average molecular weight is 480 g/mol.